The molecule has 0 radical (unpaired) electrons. The van der Waals surface area contributed by atoms with Crippen LogP contribution in [0.4, 0.5) is 23.1 Å². The smallest absolute Gasteiger partial charge is 0.248 e. The minimum absolute atomic E-state index is 0. The molecule has 8 heteroatoms. The number of halogens is 1. The summed E-state index contributed by atoms with van der Waals surface area (Å²) in [5.74, 6) is 0.690. The number of benzene rings is 3. The molecule has 0 aliphatic rings. The third kappa shape index (κ3) is 5.51. The summed E-state index contributed by atoms with van der Waals surface area (Å²) in [4.78, 5) is 20.6. The Balaban J connectivity index is 0.00000289. The Hall–Kier alpha value is -3.68. The highest BCUT2D eigenvalue weighted by atomic mass is 35.5. The molecule has 0 aliphatic carbocycles. The molecule has 4 N–H and O–H groups in total. The van der Waals surface area contributed by atoms with Gasteiger partial charge in [-0.1, -0.05) is 24.3 Å². The van der Waals surface area contributed by atoms with Crippen LogP contribution in [-0.2, 0) is 11.2 Å². The van der Waals surface area contributed by atoms with E-state index in [1.165, 1.54) is 5.56 Å². The first kappa shape index (κ1) is 23.0. The number of aromatic nitrogens is 2. The van der Waals surface area contributed by atoms with Gasteiger partial charge < -0.3 is 21.1 Å². The summed E-state index contributed by atoms with van der Waals surface area (Å²) in [7, 11) is 1.70. The first-order chi connectivity index (χ1) is 15.1. The molecule has 164 valence electrons. The lowest BCUT2D eigenvalue weighted by Crippen LogP contribution is -2.10. The van der Waals surface area contributed by atoms with E-state index >= 15 is 0 Å². The molecule has 1 amide bonds. The van der Waals surface area contributed by atoms with Gasteiger partial charge in [0.2, 0.25) is 11.9 Å². The van der Waals surface area contributed by atoms with E-state index in [0.717, 1.165) is 28.7 Å². The summed E-state index contributed by atoms with van der Waals surface area (Å²) in [6.45, 7) is 0.690. The topological polar surface area (TPSA) is 102 Å². The van der Waals surface area contributed by atoms with Crippen molar-refractivity contribution in [1.29, 1.82) is 0 Å². The van der Waals surface area contributed by atoms with Gasteiger partial charge in [0.1, 0.15) is 5.82 Å². The van der Waals surface area contributed by atoms with Crippen LogP contribution in [0.15, 0.2) is 72.8 Å². The number of hydrogen-bond acceptors (Lipinski definition) is 6. The molecule has 0 spiro atoms. The van der Waals surface area contributed by atoms with Crippen LogP contribution in [0, 0.1) is 0 Å². The highest BCUT2D eigenvalue weighted by Gasteiger charge is 2.09. The molecular formula is C24H24ClN5O2. The van der Waals surface area contributed by atoms with Crippen molar-refractivity contribution in [1.82, 2.24) is 9.97 Å². The van der Waals surface area contributed by atoms with Crippen molar-refractivity contribution in [2.75, 3.05) is 24.4 Å². The second kappa shape index (κ2) is 10.6. The highest BCUT2D eigenvalue weighted by Crippen LogP contribution is 2.26. The first-order valence-corrected chi connectivity index (χ1v) is 9.91. The maximum atomic E-state index is 11.3. The molecule has 0 saturated carbocycles. The van der Waals surface area contributed by atoms with E-state index in [1.54, 1.807) is 31.4 Å². The molecule has 0 aliphatic heterocycles. The number of methoxy groups -OCH3 is 1. The van der Waals surface area contributed by atoms with Crippen LogP contribution >= 0.6 is 12.4 Å². The van der Waals surface area contributed by atoms with E-state index in [1.807, 2.05) is 36.4 Å². The first-order valence-electron chi connectivity index (χ1n) is 9.91. The SMILES string of the molecule is COCCc1ccc(Nc2nc(Nc3ccc(C(N)=O)cc3)c3ccccc3n2)cc1.Cl. The number of fused-ring (bicyclic) bond motifs is 1. The number of nitrogens with two attached hydrogens (primary N) is 1. The number of anilines is 4. The van der Waals surface area contributed by atoms with Gasteiger partial charge in [0.05, 0.1) is 12.1 Å². The molecular weight excluding hydrogens is 426 g/mol. The Morgan fingerprint density at radius 1 is 0.906 bits per heavy atom. The zero-order chi connectivity index (χ0) is 21.6. The van der Waals surface area contributed by atoms with Crippen molar-refractivity contribution in [3.05, 3.63) is 83.9 Å². The van der Waals surface area contributed by atoms with E-state index in [2.05, 4.69) is 32.7 Å². The van der Waals surface area contributed by atoms with Gasteiger partial charge in [0.25, 0.3) is 0 Å². The lowest BCUT2D eigenvalue weighted by molar-refractivity contribution is 0.100. The van der Waals surface area contributed by atoms with Crippen molar-refractivity contribution in [2.24, 2.45) is 5.73 Å². The number of rotatable bonds is 8. The summed E-state index contributed by atoms with van der Waals surface area (Å²) in [6.07, 6.45) is 0.867. The average molecular weight is 450 g/mol. The number of carbonyl (C=O) groups is 1. The van der Waals surface area contributed by atoms with Crippen molar-refractivity contribution < 1.29 is 9.53 Å². The Bertz CT molecular complexity index is 1200. The maximum absolute atomic E-state index is 11.3. The molecule has 0 atom stereocenters. The van der Waals surface area contributed by atoms with Crippen molar-refractivity contribution in [2.45, 2.75) is 6.42 Å². The number of nitrogens with one attached hydrogen (secondary N) is 2. The minimum Gasteiger partial charge on any atom is -0.384 e. The van der Waals surface area contributed by atoms with Crippen molar-refractivity contribution in [3.63, 3.8) is 0 Å². The molecule has 4 rings (SSSR count). The van der Waals surface area contributed by atoms with Gasteiger partial charge in [-0.25, -0.2) is 4.98 Å². The standard InChI is InChI=1S/C24H23N5O2.ClH/c1-31-15-14-16-6-10-19(11-7-16)27-24-28-21-5-3-2-4-20(21)23(29-24)26-18-12-8-17(9-13-18)22(25)30;/h2-13H,14-15H2,1H3,(H2,25,30)(H2,26,27,28,29);1H. The van der Waals surface area contributed by atoms with Gasteiger partial charge in [-0.2, -0.15) is 4.98 Å². The molecule has 0 bridgehead atoms. The van der Waals surface area contributed by atoms with Crippen LogP contribution in [0.25, 0.3) is 10.9 Å². The fraction of sp³-hybridized carbons (Fsp3) is 0.125. The van der Waals surface area contributed by atoms with Gasteiger partial charge in [-0.05, 0) is 60.5 Å². The van der Waals surface area contributed by atoms with Gasteiger partial charge in [-0.3, -0.25) is 4.79 Å². The average Bonchev–Trinajstić information content (AvgIpc) is 2.79. The van der Waals surface area contributed by atoms with Gasteiger partial charge >= 0.3 is 0 Å². The number of nitrogens with zero attached hydrogens (tertiary/aromatic N) is 2. The minimum atomic E-state index is -0.459. The Morgan fingerprint density at radius 2 is 1.56 bits per heavy atom. The molecule has 1 heterocycles. The number of carbonyl (C=O) groups excluding carboxylic acids is 1. The van der Waals surface area contributed by atoms with Gasteiger partial charge in [0.15, 0.2) is 0 Å². The van der Waals surface area contributed by atoms with Crippen LogP contribution < -0.4 is 16.4 Å². The molecule has 32 heavy (non-hydrogen) atoms. The molecule has 1 aromatic heterocycles. The van der Waals surface area contributed by atoms with Crippen LogP contribution in [-0.4, -0.2) is 29.6 Å². The summed E-state index contributed by atoms with van der Waals surface area (Å²) in [5.41, 5.74) is 9.48. The quantitative estimate of drug-likeness (QED) is 0.356. The molecule has 3 aromatic carbocycles. The Kier molecular flexibility index (Phi) is 7.59. The normalized spacial score (nSPS) is 10.4. The second-order valence-electron chi connectivity index (χ2n) is 7.04. The largest absolute Gasteiger partial charge is 0.384 e. The lowest BCUT2D eigenvalue weighted by Gasteiger charge is -2.12. The number of para-hydroxylation sites is 1. The zero-order valence-corrected chi connectivity index (χ0v) is 18.4. The van der Waals surface area contributed by atoms with Gasteiger partial charge in [-0.15, -0.1) is 12.4 Å². The maximum Gasteiger partial charge on any atom is 0.248 e. The molecule has 0 saturated heterocycles. The summed E-state index contributed by atoms with van der Waals surface area (Å²) in [6, 6.07) is 22.8. The lowest BCUT2D eigenvalue weighted by atomic mass is 10.1. The van der Waals surface area contributed by atoms with Crippen LogP contribution in [0.1, 0.15) is 15.9 Å². The van der Waals surface area contributed by atoms with E-state index in [0.29, 0.717) is 23.9 Å². The fourth-order valence-corrected chi connectivity index (χ4v) is 3.19. The summed E-state index contributed by atoms with van der Waals surface area (Å²) < 4.78 is 5.13. The van der Waals surface area contributed by atoms with E-state index in [9.17, 15) is 4.79 Å². The van der Waals surface area contributed by atoms with E-state index in [-0.39, 0.29) is 12.4 Å². The number of amides is 1. The molecule has 4 aromatic rings. The number of primary amides is 1. The number of hydrogen-bond donors (Lipinski definition) is 3. The van der Waals surface area contributed by atoms with Crippen LogP contribution in [0.2, 0.25) is 0 Å². The molecule has 0 unspecified atom stereocenters. The van der Waals surface area contributed by atoms with E-state index < -0.39 is 5.91 Å². The zero-order valence-electron chi connectivity index (χ0n) is 17.5. The Morgan fingerprint density at radius 3 is 2.25 bits per heavy atom. The summed E-state index contributed by atoms with van der Waals surface area (Å²) >= 11 is 0. The van der Waals surface area contributed by atoms with Crippen LogP contribution in [0.3, 0.4) is 0 Å². The third-order valence-corrected chi connectivity index (χ3v) is 4.84. The van der Waals surface area contributed by atoms with E-state index in [4.69, 9.17) is 10.5 Å². The molecule has 0 fully saturated rings. The number of ether oxygens (including phenoxy) is 1. The highest BCUT2D eigenvalue weighted by molar-refractivity contribution is 5.94. The monoisotopic (exact) mass is 449 g/mol. The fourth-order valence-electron chi connectivity index (χ4n) is 3.19. The van der Waals surface area contributed by atoms with Crippen molar-refractivity contribution >= 4 is 52.4 Å². The third-order valence-electron chi connectivity index (χ3n) is 4.84. The predicted molar refractivity (Wildman–Crippen MR) is 130 cm³/mol. The Labute approximate surface area is 192 Å². The summed E-state index contributed by atoms with van der Waals surface area (Å²) in [5, 5.41) is 7.48. The van der Waals surface area contributed by atoms with Gasteiger partial charge in [0, 0.05) is 29.4 Å². The van der Waals surface area contributed by atoms with Crippen molar-refractivity contribution in [3.8, 4) is 0 Å². The van der Waals surface area contributed by atoms with Crippen LogP contribution in [0.5, 0.6) is 0 Å². The molecule has 7 nitrogen and oxygen atoms in total. The second-order valence-corrected chi connectivity index (χ2v) is 7.04. The predicted octanol–water partition coefficient (Wildman–Crippen LogP) is 4.83.